The van der Waals surface area contributed by atoms with Crippen LogP contribution in [0.1, 0.15) is 38.3 Å². The number of nitrogens with one attached hydrogen (secondary N) is 1. The smallest absolute Gasteiger partial charge is 0.322 e. The maximum atomic E-state index is 13.0. The number of urea groups is 1. The van der Waals surface area contributed by atoms with E-state index < -0.39 is 6.04 Å². The first-order valence-electron chi connectivity index (χ1n) is 10.8. The van der Waals surface area contributed by atoms with E-state index in [9.17, 15) is 4.79 Å². The molecule has 1 aliphatic heterocycles. The first-order valence-corrected chi connectivity index (χ1v) is 12.0. The van der Waals surface area contributed by atoms with Crippen LogP contribution in [0.25, 0.3) is 17.0 Å². The van der Waals surface area contributed by atoms with Gasteiger partial charge in [-0.3, -0.25) is 4.90 Å². The molecule has 2 amide bonds. The second-order valence-corrected chi connectivity index (χ2v) is 9.19. The Morgan fingerprint density at radius 1 is 1.21 bits per heavy atom. The Bertz CT molecular complexity index is 1170. The third-order valence-corrected chi connectivity index (χ3v) is 6.32. The Morgan fingerprint density at radius 3 is 2.64 bits per heavy atom. The summed E-state index contributed by atoms with van der Waals surface area (Å²) in [5.74, 6) is 1.87. The molecule has 0 saturated carbocycles. The summed E-state index contributed by atoms with van der Waals surface area (Å²) in [5, 5.41) is 7.37. The summed E-state index contributed by atoms with van der Waals surface area (Å²) >= 11 is 1.67. The molecule has 4 rings (SSSR count). The highest BCUT2D eigenvalue weighted by molar-refractivity contribution is 7.98. The van der Waals surface area contributed by atoms with Crippen molar-refractivity contribution >= 4 is 23.4 Å². The molecule has 0 aliphatic carbocycles. The Balaban J connectivity index is 1.79. The minimum Gasteiger partial charge on any atom is -0.497 e. The Morgan fingerprint density at radius 2 is 1.97 bits per heavy atom. The molecule has 0 radical (unpaired) electrons. The van der Waals surface area contributed by atoms with E-state index in [1.165, 1.54) is 0 Å². The molecule has 1 aliphatic rings. The van der Waals surface area contributed by atoms with Crippen LogP contribution in [0.4, 0.5) is 4.79 Å². The van der Waals surface area contributed by atoms with Gasteiger partial charge in [0, 0.05) is 22.7 Å². The van der Waals surface area contributed by atoms with E-state index in [0.717, 1.165) is 27.3 Å². The molecule has 33 heavy (non-hydrogen) atoms. The zero-order valence-electron chi connectivity index (χ0n) is 19.5. The van der Waals surface area contributed by atoms with Crippen molar-refractivity contribution in [2.24, 2.45) is 5.92 Å². The van der Waals surface area contributed by atoms with E-state index in [4.69, 9.17) is 14.2 Å². The van der Waals surface area contributed by atoms with E-state index in [0.29, 0.717) is 29.9 Å². The van der Waals surface area contributed by atoms with Gasteiger partial charge in [-0.25, -0.2) is 4.79 Å². The summed E-state index contributed by atoms with van der Waals surface area (Å²) in [4.78, 5) is 20.6. The molecule has 0 fully saturated rings. The maximum Gasteiger partial charge on any atom is 0.322 e. The number of methoxy groups -OCH3 is 1. The number of carbonyl (C=O) groups is 1. The third-order valence-electron chi connectivity index (χ3n) is 5.58. The lowest BCUT2D eigenvalue weighted by Crippen LogP contribution is -2.47. The molecule has 1 unspecified atom stereocenters. The lowest BCUT2D eigenvalue weighted by atomic mass is 9.94. The van der Waals surface area contributed by atoms with Crippen molar-refractivity contribution in [2.75, 3.05) is 19.9 Å². The van der Waals surface area contributed by atoms with Gasteiger partial charge < -0.3 is 14.6 Å². The van der Waals surface area contributed by atoms with E-state index in [-0.39, 0.29) is 6.03 Å². The highest BCUT2D eigenvalue weighted by Gasteiger charge is 2.35. The second kappa shape index (κ2) is 9.70. The van der Waals surface area contributed by atoms with Crippen LogP contribution in [0.5, 0.6) is 5.75 Å². The van der Waals surface area contributed by atoms with Crippen LogP contribution in [0.2, 0.25) is 0 Å². The van der Waals surface area contributed by atoms with E-state index in [1.54, 1.807) is 23.8 Å². The fraction of sp³-hybridized carbons (Fsp3) is 0.320. The van der Waals surface area contributed by atoms with Crippen LogP contribution >= 0.6 is 11.8 Å². The molecule has 1 N–H and O–H groups in total. The molecular weight excluding hydrogens is 436 g/mol. The first kappa shape index (κ1) is 22.9. The number of hydrogen-bond acceptors (Lipinski definition) is 6. The third kappa shape index (κ3) is 4.75. The number of allylic oxidation sites excluding steroid dienone is 1. The first-order chi connectivity index (χ1) is 15.9. The number of thioether (sulfide) groups is 1. The van der Waals surface area contributed by atoms with Gasteiger partial charge in [-0.2, -0.15) is 4.98 Å². The van der Waals surface area contributed by atoms with Crippen molar-refractivity contribution in [1.82, 2.24) is 20.4 Å². The number of amides is 2. The van der Waals surface area contributed by atoms with Crippen molar-refractivity contribution in [3.8, 4) is 17.1 Å². The average molecular weight is 465 g/mol. The number of carbonyl (C=O) groups excluding carboxylic acids is 1. The Kier molecular flexibility index (Phi) is 6.74. The molecule has 0 spiro atoms. The zero-order valence-corrected chi connectivity index (χ0v) is 20.3. The predicted octanol–water partition coefficient (Wildman–Crippen LogP) is 5.62. The highest BCUT2D eigenvalue weighted by atomic mass is 32.2. The molecule has 0 bridgehead atoms. The molecule has 1 aromatic heterocycles. The van der Waals surface area contributed by atoms with Crippen LogP contribution in [-0.2, 0) is 0 Å². The average Bonchev–Trinajstić information content (AvgIpc) is 3.31. The molecule has 2 aromatic carbocycles. The molecule has 2 heterocycles. The minimum atomic E-state index is -0.393. The number of hydrogen-bond donors (Lipinski definition) is 1. The van der Waals surface area contributed by atoms with Crippen LogP contribution in [0.3, 0.4) is 0 Å². The van der Waals surface area contributed by atoms with Gasteiger partial charge >= 0.3 is 6.03 Å². The Labute approximate surface area is 198 Å². The van der Waals surface area contributed by atoms with Crippen molar-refractivity contribution in [1.29, 1.82) is 0 Å². The van der Waals surface area contributed by atoms with Crippen molar-refractivity contribution in [3.63, 3.8) is 0 Å². The highest BCUT2D eigenvalue weighted by Crippen LogP contribution is 2.38. The normalized spacial score (nSPS) is 16.4. The van der Waals surface area contributed by atoms with Gasteiger partial charge in [-0.1, -0.05) is 43.3 Å². The van der Waals surface area contributed by atoms with Gasteiger partial charge in [0.25, 0.3) is 5.89 Å². The lowest BCUT2D eigenvalue weighted by molar-refractivity contribution is 0.199. The standard InChI is InChI=1S/C25H28N4O3S/c1-15(2)14-29-16(3)21(22(26-25(29)30)17-9-11-20(33-5)12-10-17)24-27-23(28-32-24)18-7-6-8-19(13-18)31-4/h6-13,15,22H,14H2,1-5H3,(H,26,30). The van der Waals surface area contributed by atoms with Crippen LogP contribution in [-0.4, -0.2) is 41.0 Å². The Hall–Kier alpha value is -3.26. The van der Waals surface area contributed by atoms with Crippen molar-refractivity contribution in [2.45, 2.75) is 31.7 Å². The summed E-state index contributed by atoms with van der Waals surface area (Å²) in [6, 6.07) is 15.2. The number of aromatic nitrogens is 2. The zero-order chi connectivity index (χ0) is 23.5. The SMILES string of the molecule is COc1cccc(-c2noc(C3=C(C)N(CC(C)C)C(=O)NC3c3ccc(SC)cc3)n2)c1. The number of rotatable bonds is 7. The quantitative estimate of drug-likeness (QED) is 0.457. The second-order valence-electron chi connectivity index (χ2n) is 8.31. The molecule has 8 heteroatoms. The summed E-state index contributed by atoms with van der Waals surface area (Å²) in [6.45, 7) is 6.70. The van der Waals surface area contributed by atoms with Crippen LogP contribution in [0.15, 0.2) is 63.6 Å². The van der Waals surface area contributed by atoms with E-state index in [2.05, 4.69) is 36.5 Å². The summed E-state index contributed by atoms with van der Waals surface area (Å²) < 4.78 is 11.1. The van der Waals surface area contributed by atoms with Crippen molar-refractivity contribution in [3.05, 3.63) is 65.7 Å². The fourth-order valence-corrected chi connectivity index (χ4v) is 4.31. The van der Waals surface area contributed by atoms with Gasteiger partial charge in [0.15, 0.2) is 0 Å². The van der Waals surface area contributed by atoms with Gasteiger partial charge in [-0.05, 0) is 48.9 Å². The maximum absolute atomic E-state index is 13.0. The number of nitrogens with zero attached hydrogens (tertiary/aromatic N) is 3. The lowest BCUT2D eigenvalue weighted by Gasteiger charge is -2.36. The largest absolute Gasteiger partial charge is 0.497 e. The fourth-order valence-electron chi connectivity index (χ4n) is 3.90. The topological polar surface area (TPSA) is 80.5 Å². The molecule has 3 aromatic rings. The van der Waals surface area contributed by atoms with Gasteiger partial charge in [0.2, 0.25) is 5.82 Å². The molecule has 0 saturated heterocycles. The monoisotopic (exact) mass is 464 g/mol. The van der Waals surface area contributed by atoms with E-state index >= 15 is 0 Å². The predicted molar refractivity (Wildman–Crippen MR) is 130 cm³/mol. The number of benzene rings is 2. The van der Waals surface area contributed by atoms with Crippen LogP contribution < -0.4 is 10.1 Å². The summed E-state index contributed by atoms with van der Waals surface area (Å²) in [6.07, 6.45) is 2.04. The molecule has 7 nitrogen and oxygen atoms in total. The summed E-state index contributed by atoms with van der Waals surface area (Å²) in [5.41, 5.74) is 3.37. The molecule has 1 atom stereocenters. The van der Waals surface area contributed by atoms with Crippen molar-refractivity contribution < 1.29 is 14.1 Å². The van der Waals surface area contributed by atoms with Gasteiger partial charge in [0.1, 0.15) is 5.75 Å². The molecule has 172 valence electrons. The van der Waals surface area contributed by atoms with Gasteiger partial charge in [-0.15, -0.1) is 11.8 Å². The number of ether oxygens (including phenoxy) is 1. The van der Waals surface area contributed by atoms with Crippen LogP contribution in [0, 0.1) is 5.92 Å². The minimum absolute atomic E-state index is 0.128. The summed E-state index contributed by atoms with van der Waals surface area (Å²) in [7, 11) is 1.62. The van der Waals surface area contributed by atoms with E-state index in [1.807, 2.05) is 49.6 Å². The molecular formula is C25H28N4O3S. The van der Waals surface area contributed by atoms with Gasteiger partial charge in [0.05, 0.1) is 18.7 Å².